The van der Waals surface area contributed by atoms with E-state index in [9.17, 15) is 4.79 Å². The third-order valence-corrected chi connectivity index (χ3v) is 3.82. The molecule has 4 nitrogen and oxygen atoms in total. The Morgan fingerprint density at radius 3 is 2.56 bits per heavy atom. The molecule has 1 aromatic heterocycles. The Kier molecular flexibility index (Phi) is 5.65. The van der Waals surface area contributed by atoms with Gasteiger partial charge in [0, 0.05) is 11.2 Å². The van der Waals surface area contributed by atoms with Crippen LogP contribution < -0.4 is 10.1 Å². The zero-order valence-corrected chi connectivity index (χ0v) is 14.2. The second-order valence-corrected chi connectivity index (χ2v) is 5.85. The first-order valence-electron chi connectivity index (χ1n) is 7.86. The van der Waals surface area contributed by atoms with Crippen LogP contribution in [0.25, 0.3) is 0 Å². The van der Waals surface area contributed by atoms with Crippen molar-refractivity contribution >= 4 is 17.5 Å². The van der Waals surface area contributed by atoms with Crippen molar-refractivity contribution in [2.75, 3.05) is 6.61 Å². The summed E-state index contributed by atoms with van der Waals surface area (Å²) >= 11 is 5.92. The number of hydrogen-bond donors (Lipinski definition) is 1. The molecule has 1 atom stereocenters. The number of pyridine rings is 1. The van der Waals surface area contributed by atoms with Crippen LogP contribution in [0.3, 0.4) is 0 Å². The monoisotopic (exact) mass is 352 g/mol. The number of hydrogen-bond acceptors (Lipinski definition) is 3. The van der Waals surface area contributed by atoms with Gasteiger partial charge >= 0.3 is 0 Å². The Balaban J connectivity index is 1.71. The molecular formula is C20H17ClN2O2. The van der Waals surface area contributed by atoms with Gasteiger partial charge in [0.15, 0.2) is 6.61 Å². The highest BCUT2D eigenvalue weighted by atomic mass is 35.5. The van der Waals surface area contributed by atoms with Crippen LogP contribution in [0.1, 0.15) is 17.3 Å². The van der Waals surface area contributed by atoms with E-state index in [1.54, 1.807) is 30.5 Å². The maximum atomic E-state index is 12.4. The number of nitrogens with zero attached hydrogens (tertiary/aromatic N) is 1. The van der Waals surface area contributed by atoms with Crippen LogP contribution in [-0.2, 0) is 4.79 Å². The maximum Gasteiger partial charge on any atom is 0.258 e. The van der Waals surface area contributed by atoms with Crippen LogP contribution in [-0.4, -0.2) is 17.5 Å². The van der Waals surface area contributed by atoms with Crippen molar-refractivity contribution in [3.05, 3.63) is 95.3 Å². The molecule has 0 fully saturated rings. The zero-order chi connectivity index (χ0) is 17.5. The molecule has 1 amide bonds. The summed E-state index contributed by atoms with van der Waals surface area (Å²) in [4.78, 5) is 16.7. The van der Waals surface area contributed by atoms with E-state index in [1.165, 1.54) is 0 Å². The zero-order valence-electron chi connectivity index (χ0n) is 13.4. The molecule has 0 bridgehead atoms. The summed E-state index contributed by atoms with van der Waals surface area (Å²) in [7, 11) is 0. The van der Waals surface area contributed by atoms with Gasteiger partial charge in [-0.15, -0.1) is 0 Å². The van der Waals surface area contributed by atoms with Gasteiger partial charge in [-0.1, -0.05) is 54.1 Å². The van der Waals surface area contributed by atoms with Crippen LogP contribution in [0.15, 0.2) is 79.0 Å². The van der Waals surface area contributed by atoms with Gasteiger partial charge < -0.3 is 10.1 Å². The molecule has 3 aromatic rings. The van der Waals surface area contributed by atoms with Gasteiger partial charge in [-0.2, -0.15) is 0 Å². The molecule has 0 aliphatic rings. The van der Waals surface area contributed by atoms with Crippen LogP contribution in [0.2, 0.25) is 5.02 Å². The van der Waals surface area contributed by atoms with Gasteiger partial charge in [-0.3, -0.25) is 9.78 Å². The van der Waals surface area contributed by atoms with Crippen LogP contribution in [0.4, 0.5) is 0 Å². The standard InChI is InChI=1S/C20H17ClN2O2/c21-16-9-6-10-17(13-16)25-14-19(24)23-20(15-7-2-1-3-8-15)18-11-4-5-12-22-18/h1-13,20H,14H2,(H,23,24). The molecule has 5 heteroatoms. The predicted molar refractivity (Wildman–Crippen MR) is 97.6 cm³/mol. The minimum absolute atomic E-state index is 0.101. The molecule has 0 saturated heterocycles. The highest BCUT2D eigenvalue weighted by Crippen LogP contribution is 2.20. The van der Waals surface area contributed by atoms with Crippen molar-refractivity contribution in [2.45, 2.75) is 6.04 Å². The van der Waals surface area contributed by atoms with E-state index in [0.717, 1.165) is 11.3 Å². The summed E-state index contributed by atoms with van der Waals surface area (Å²) < 4.78 is 5.50. The number of carbonyl (C=O) groups is 1. The SMILES string of the molecule is O=C(COc1cccc(Cl)c1)NC(c1ccccc1)c1ccccn1. The maximum absolute atomic E-state index is 12.4. The van der Waals surface area contributed by atoms with Crippen molar-refractivity contribution in [2.24, 2.45) is 0 Å². The fourth-order valence-corrected chi connectivity index (χ4v) is 2.61. The third-order valence-electron chi connectivity index (χ3n) is 3.59. The number of amides is 1. The summed E-state index contributed by atoms with van der Waals surface area (Å²) in [6.45, 7) is -0.101. The Hall–Kier alpha value is -2.85. The van der Waals surface area contributed by atoms with Gasteiger partial charge in [0.25, 0.3) is 5.91 Å². The van der Waals surface area contributed by atoms with Gasteiger partial charge in [0.1, 0.15) is 5.75 Å². The first-order chi connectivity index (χ1) is 12.2. The Morgan fingerprint density at radius 2 is 1.84 bits per heavy atom. The first-order valence-corrected chi connectivity index (χ1v) is 8.24. The van der Waals surface area contributed by atoms with Crippen LogP contribution in [0.5, 0.6) is 5.75 Å². The average molecular weight is 353 g/mol. The fourth-order valence-electron chi connectivity index (χ4n) is 2.43. The lowest BCUT2D eigenvalue weighted by atomic mass is 10.0. The van der Waals surface area contributed by atoms with Gasteiger partial charge in [-0.25, -0.2) is 0 Å². The van der Waals surface area contributed by atoms with Crippen molar-refractivity contribution in [3.8, 4) is 5.75 Å². The molecule has 1 N–H and O–H groups in total. The van der Waals surface area contributed by atoms with Crippen LogP contribution >= 0.6 is 11.6 Å². The van der Waals surface area contributed by atoms with E-state index in [0.29, 0.717) is 10.8 Å². The second kappa shape index (κ2) is 8.31. The molecule has 0 radical (unpaired) electrons. The van der Waals surface area contributed by atoms with Crippen LogP contribution in [0, 0.1) is 0 Å². The van der Waals surface area contributed by atoms with E-state index in [-0.39, 0.29) is 18.6 Å². The number of benzene rings is 2. The number of halogens is 1. The lowest BCUT2D eigenvalue weighted by Crippen LogP contribution is -2.33. The van der Waals surface area contributed by atoms with Gasteiger partial charge in [0.05, 0.1) is 11.7 Å². The molecule has 1 unspecified atom stereocenters. The molecule has 0 saturated carbocycles. The molecule has 0 aliphatic heterocycles. The summed E-state index contributed by atoms with van der Waals surface area (Å²) in [5.74, 6) is 0.316. The van der Waals surface area contributed by atoms with E-state index in [1.807, 2.05) is 48.5 Å². The highest BCUT2D eigenvalue weighted by molar-refractivity contribution is 6.30. The summed E-state index contributed by atoms with van der Waals surface area (Å²) in [5.41, 5.74) is 1.72. The predicted octanol–water partition coefficient (Wildman–Crippen LogP) is 4.02. The molecule has 126 valence electrons. The number of rotatable bonds is 6. The van der Waals surface area contributed by atoms with Gasteiger partial charge in [0.2, 0.25) is 0 Å². The largest absolute Gasteiger partial charge is 0.484 e. The Bertz CT molecular complexity index is 786. The van der Waals surface area contributed by atoms with E-state index < -0.39 is 0 Å². The molecule has 0 spiro atoms. The topological polar surface area (TPSA) is 51.2 Å². The molecule has 0 aliphatic carbocycles. The summed E-state index contributed by atoms with van der Waals surface area (Å²) in [5, 5.41) is 3.54. The number of ether oxygens (including phenoxy) is 1. The lowest BCUT2D eigenvalue weighted by molar-refractivity contribution is -0.123. The molecular weight excluding hydrogens is 336 g/mol. The molecule has 1 heterocycles. The van der Waals surface area contributed by atoms with Crippen molar-refractivity contribution in [3.63, 3.8) is 0 Å². The summed E-state index contributed by atoms with van der Waals surface area (Å²) in [6.07, 6.45) is 1.71. The van der Waals surface area contributed by atoms with Crippen molar-refractivity contribution < 1.29 is 9.53 Å². The van der Waals surface area contributed by atoms with E-state index >= 15 is 0 Å². The lowest BCUT2D eigenvalue weighted by Gasteiger charge is -2.19. The number of carbonyl (C=O) groups excluding carboxylic acids is 1. The van der Waals surface area contributed by atoms with E-state index in [2.05, 4.69) is 10.3 Å². The van der Waals surface area contributed by atoms with E-state index in [4.69, 9.17) is 16.3 Å². The minimum atomic E-state index is -0.335. The minimum Gasteiger partial charge on any atom is -0.484 e. The molecule has 3 rings (SSSR count). The Labute approximate surface area is 151 Å². The number of nitrogens with one attached hydrogen (secondary N) is 1. The Morgan fingerprint density at radius 1 is 1.04 bits per heavy atom. The molecule has 25 heavy (non-hydrogen) atoms. The van der Waals surface area contributed by atoms with Crippen molar-refractivity contribution in [1.82, 2.24) is 10.3 Å². The smallest absolute Gasteiger partial charge is 0.258 e. The summed E-state index contributed by atoms with van der Waals surface area (Å²) in [6, 6.07) is 21.9. The average Bonchev–Trinajstić information content (AvgIpc) is 2.66. The fraction of sp³-hybridized carbons (Fsp3) is 0.100. The quantitative estimate of drug-likeness (QED) is 0.729. The third kappa shape index (κ3) is 4.81. The first kappa shape index (κ1) is 17.0. The number of aromatic nitrogens is 1. The van der Waals surface area contributed by atoms with Crippen molar-refractivity contribution in [1.29, 1.82) is 0 Å². The molecule has 2 aromatic carbocycles. The van der Waals surface area contributed by atoms with Gasteiger partial charge in [-0.05, 0) is 35.9 Å². The highest BCUT2D eigenvalue weighted by Gasteiger charge is 2.18. The normalized spacial score (nSPS) is 11.6. The second-order valence-electron chi connectivity index (χ2n) is 5.41.